The van der Waals surface area contributed by atoms with Crippen molar-refractivity contribution in [2.75, 3.05) is 10.6 Å². The molecule has 0 saturated carbocycles. The monoisotopic (exact) mass is 307 g/mol. The van der Waals surface area contributed by atoms with Crippen LogP contribution in [0.2, 0.25) is 0 Å². The highest BCUT2D eigenvalue weighted by atomic mass is 16.2. The summed E-state index contributed by atoms with van der Waals surface area (Å²) in [6, 6.07) is 13.3. The Hall–Kier alpha value is -2.95. The van der Waals surface area contributed by atoms with E-state index in [4.69, 9.17) is 0 Å². The van der Waals surface area contributed by atoms with Crippen molar-refractivity contribution in [1.82, 2.24) is 4.98 Å². The summed E-state index contributed by atoms with van der Waals surface area (Å²) in [5.74, 6) is 0. The third-order valence-electron chi connectivity index (χ3n) is 3.74. The molecule has 23 heavy (non-hydrogen) atoms. The van der Waals surface area contributed by atoms with Gasteiger partial charge in [-0.25, -0.2) is 0 Å². The van der Waals surface area contributed by atoms with E-state index in [-0.39, 0.29) is 6.04 Å². The van der Waals surface area contributed by atoms with E-state index < -0.39 is 10.9 Å². The second-order valence-corrected chi connectivity index (χ2v) is 5.50. The Morgan fingerprint density at radius 3 is 2.39 bits per heavy atom. The molecule has 0 amide bonds. The Balaban J connectivity index is 1.83. The third kappa shape index (κ3) is 2.99. The number of hydrogen-bond donors (Lipinski definition) is 2. The molecule has 5 heteroatoms. The topological polar surface area (TPSA) is 71.1 Å². The first-order valence-corrected chi connectivity index (χ1v) is 7.40. The summed E-state index contributed by atoms with van der Waals surface area (Å²) >= 11 is 0. The molecule has 2 aromatic carbocycles. The Kier molecular flexibility index (Phi) is 3.93. The molecule has 5 nitrogen and oxygen atoms in total. The molecular weight excluding hydrogens is 290 g/mol. The molecule has 0 aliphatic rings. The molecule has 1 heterocycles. The smallest absolute Gasteiger partial charge is 0.253 e. The van der Waals surface area contributed by atoms with Crippen molar-refractivity contribution in [3.63, 3.8) is 0 Å². The van der Waals surface area contributed by atoms with Crippen LogP contribution in [0.1, 0.15) is 24.2 Å². The first-order chi connectivity index (χ1) is 11.1. The minimum Gasteiger partial charge on any atom is -0.373 e. The number of nitrogens with one attached hydrogen (secondary N) is 2. The van der Waals surface area contributed by atoms with Crippen molar-refractivity contribution < 1.29 is 0 Å². The number of aryl methyl sites for hydroxylation is 1. The number of rotatable bonds is 5. The van der Waals surface area contributed by atoms with Crippen molar-refractivity contribution in [3.05, 3.63) is 80.4 Å². The fourth-order valence-electron chi connectivity index (χ4n) is 2.46. The van der Waals surface area contributed by atoms with E-state index >= 15 is 0 Å². The molecule has 3 rings (SSSR count). The van der Waals surface area contributed by atoms with Gasteiger partial charge in [0.1, 0.15) is 11.4 Å². The van der Waals surface area contributed by atoms with E-state index in [1.54, 1.807) is 12.3 Å². The summed E-state index contributed by atoms with van der Waals surface area (Å²) in [6.07, 6.45) is 1.66. The van der Waals surface area contributed by atoms with Gasteiger partial charge in [0.15, 0.2) is 0 Å². The maximum Gasteiger partial charge on any atom is 0.253 e. The lowest BCUT2D eigenvalue weighted by Gasteiger charge is -2.20. The number of pyridine rings is 1. The van der Waals surface area contributed by atoms with Gasteiger partial charge in [0, 0.05) is 23.6 Å². The zero-order valence-corrected chi connectivity index (χ0v) is 13.0. The fourth-order valence-corrected chi connectivity index (χ4v) is 2.46. The third-order valence-corrected chi connectivity index (χ3v) is 3.74. The molecule has 0 bridgehead atoms. The average Bonchev–Trinajstić information content (AvgIpc) is 2.58. The second kappa shape index (κ2) is 6.04. The highest BCUT2D eigenvalue weighted by Gasteiger charge is 2.22. The second-order valence-electron chi connectivity index (χ2n) is 5.50. The predicted octanol–water partition coefficient (Wildman–Crippen LogP) is 2.90. The van der Waals surface area contributed by atoms with Crippen LogP contribution < -0.4 is 21.5 Å². The first-order valence-electron chi connectivity index (χ1n) is 7.40. The summed E-state index contributed by atoms with van der Waals surface area (Å²) in [7, 11) is 0. The summed E-state index contributed by atoms with van der Waals surface area (Å²) in [5, 5.41) is 6.14. The molecule has 116 valence electrons. The minimum atomic E-state index is -0.498. The molecule has 1 atom stereocenters. The van der Waals surface area contributed by atoms with Crippen LogP contribution >= 0.6 is 0 Å². The van der Waals surface area contributed by atoms with Crippen molar-refractivity contribution in [2.45, 2.75) is 19.9 Å². The maximum absolute atomic E-state index is 11.9. The maximum atomic E-state index is 11.9. The van der Waals surface area contributed by atoms with E-state index in [0.717, 1.165) is 16.9 Å². The van der Waals surface area contributed by atoms with Crippen LogP contribution in [0.15, 0.2) is 58.3 Å². The molecule has 0 spiro atoms. The van der Waals surface area contributed by atoms with Gasteiger partial charge in [-0.3, -0.25) is 14.6 Å². The zero-order valence-electron chi connectivity index (χ0n) is 13.0. The van der Waals surface area contributed by atoms with Crippen molar-refractivity contribution in [2.24, 2.45) is 0 Å². The van der Waals surface area contributed by atoms with Crippen LogP contribution in [0, 0.1) is 6.92 Å². The van der Waals surface area contributed by atoms with Crippen molar-refractivity contribution >= 4 is 17.1 Å². The van der Waals surface area contributed by atoms with E-state index in [9.17, 15) is 9.59 Å². The summed E-state index contributed by atoms with van der Waals surface area (Å²) in [6.45, 7) is 3.82. The van der Waals surface area contributed by atoms with Gasteiger partial charge in [-0.1, -0.05) is 30.3 Å². The molecule has 2 N–H and O–H groups in total. The van der Waals surface area contributed by atoms with Gasteiger partial charge in [0.2, 0.25) is 0 Å². The lowest BCUT2D eigenvalue weighted by molar-refractivity contribution is 0.880. The minimum absolute atomic E-state index is 0.0702. The normalized spacial score (nSPS) is 12.1. The van der Waals surface area contributed by atoms with Gasteiger partial charge in [-0.05, 0) is 31.5 Å². The number of aromatic nitrogens is 1. The number of anilines is 3. The van der Waals surface area contributed by atoms with Gasteiger partial charge in [0.25, 0.3) is 10.9 Å². The van der Waals surface area contributed by atoms with Crippen LogP contribution in [-0.2, 0) is 0 Å². The van der Waals surface area contributed by atoms with Crippen LogP contribution in [0.25, 0.3) is 0 Å². The van der Waals surface area contributed by atoms with E-state index in [0.29, 0.717) is 11.4 Å². The molecule has 0 aliphatic heterocycles. The summed E-state index contributed by atoms with van der Waals surface area (Å²) < 4.78 is 0. The average molecular weight is 307 g/mol. The van der Waals surface area contributed by atoms with Gasteiger partial charge >= 0.3 is 0 Å². The molecule has 0 fully saturated rings. The Bertz CT molecular complexity index is 896. The van der Waals surface area contributed by atoms with Crippen molar-refractivity contribution in [1.29, 1.82) is 0 Å². The molecule has 0 radical (unpaired) electrons. The van der Waals surface area contributed by atoms with Crippen LogP contribution in [0.4, 0.5) is 17.1 Å². The van der Waals surface area contributed by atoms with Crippen LogP contribution in [-0.4, -0.2) is 4.98 Å². The molecule has 3 aromatic rings. The Morgan fingerprint density at radius 1 is 1.00 bits per heavy atom. The first kappa shape index (κ1) is 15.0. The lowest BCUT2D eigenvalue weighted by atomic mass is 10.1. The SMILES string of the molecule is Cc1cc(Nc2c(N[C@H](C)c3ccccc3)c(=O)c2=O)ccn1. The van der Waals surface area contributed by atoms with Crippen LogP contribution in [0.3, 0.4) is 0 Å². The number of hydrogen-bond acceptors (Lipinski definition) is 5. The zero-order chi connectivity index (χ0) is 16.4. The number of nitrogens with zero attached hydrogens (tertiary/aromatic N) is 1. The lowest BCUT2D eigenvalue weighted by Crippen LogP contribution is -2.37. The van der Waals surface area contributed by atoms with E-state index in [2.05, 4.69) is 15.6 Å². The van der Waals surface area contributed by atoms with Crippen LogP contribution in [0.5, 0.6) is 0 Å². The molecule has 0 aliphatic carbocycles. The van der Waals surface area contributed by atoms with E-state index in [1.807, 2.05) is 50.2 Å². The largest absolute Gasteiger partial charge is 0.373 e. The Morgan fingerprint density at radius 2 is 1.70 bits per heavy atom. The fraction of sp³-hybridized carbons (Fsp3) is 0.167. The van der Waals surface area contributed by atoms with Gasteiger partial charge < -0.3 is 10.6 Å². The Labute approximate surface area is 133 Å². The van der Waals surface area contributed by atoms with Gasteiger partial charge in [-0.15, -0.1) is 0 Å². The summed E-state index contributed by atoms with van der Waals surface area (Å²) in [4.78, 5) is 27.8. The van der Waals surface area contributed by atoms with Crippen molar-refractivity contribution in [3.8, 4) is 0 Å². The quantitative estimate of drug-likeness (QED) is 0.709. The predicted molar refractivity (Wildman–Crippen MR) is 92.1 cm³/mol. The number of benzene rings is 1. The highest BCUT2D eigenvalue weighted by molar-refractivity contribution is 5.79. The molecule has 0 unspecified atom stereocenters. The standard InChI is InChI=1S/C18H17N3O2/c1-11-10-14(8-9-19-11)21-16-15(17(22)18(16)23)20-12(2)13-6-4-3-5-7-13/h3-10,12,20H,1-2H3,(H,19,21)/t12-/m1/s1. The summed E-state index contributed by atoms with van der Waals surface area (Å²) in [5.41, 5.74) is 2.28. The molecule has 1 aromatic heterocycles. The van der Waals surface area contributed by atoms with E-state index in [1.165, 1.54) is 0 Å². The van der Waals surface area contributed by atoms with Gasteiger partial charge in [-0.2, -0.15) is 0 Å². The molecule has 0 saturated heterocycles. The highest BCUT2D eigenvalue weighted by Crippen LogP contribution is 2.25. The van der Waals surface area contributed by atoms with Gasteiger partial charge in [0.05, 0.1) is 0 Å². The molecular formula is C18H17N3O2.